The average Bonchev–Trinajstić information content (AvgIpc) is 3.38. The van der Waals surface area contributed by atoms with Crippen LogP contribution in [0, 0.1) is 11.3 Å². The molecule has 0 saturated heterocycles. The van der Waals surface area contributed by atoms with Gasteiger partial charge in [0.2, 0.25) is 0 Å². The first-order valence-corrected chi connectivity index (χ1v) is 16.3. The first-order valence-electron chi connectivity index (χ1n) is 16.3. The number of aromatic amines is 1. The predicted molar refractivity (Wildman–Crippen MR) is 179 cm³/mol. The van der Waals surface area contributed by atoms with Crippen LogP contribution in [0.3, 0.4) is 0 Å². The van der Waals surface area contributed by atoms with Crippen LogP contribution >= 0.6 is 0 Å². The van der Waals surface area contributed by atoms with E-state index in [9.17, 15) is 19.2 Å². The molecule has 2 aromatic carbocycles. The third-order valence-electron chi connectivity index (χ3n) is 9.20. The van der Waals surface area contributed by atoms with E-state index in [1.165, 1.54) is 6.42 Å². The number of nitrogens with zero attached hydrogens (tertiary/aromatic N) is 2. The number of carbonyl (C=O) groups is 4. The number of anilines is 2. The zero-order chi connectivity index (χ0) is 32.3. The van der Waals surface area contributed by atoms with Gasteiger partial charge in [-0.1, -0.05) is 84.2 Å². The number of para-hydroxylation sites is 3. The van der Waals surface area contributed by atoms with Gasteiger partial charge in [0.1, 0.15) is 6.04 Å². The number of aromatic nitrogens is 1. The van der Waals surface area contributed by atoms with E-state index in [1.54, 1.807) is 4.90 Å². The van der Waals surface area contributed by atoms with E-state index in [0.29, 0.717) is 12.1 Å². The molecule has 2 atom stereocenters. The SMILES string of the molecule is CC(C)C(=O)C(Cc1c[nH]c2ccccc12)NC(=O)N[C@@H]1CN(C2CCCCC2)c2ccccc2N(CC(=O)C(C)(C)C)C1=O. The Kier molecular flexibility index (Phi) is 9.65. The van der Waals surface area contributed by atoms with Crippen molar-refractivity contribution < 1.29 is 19.2 Å². The van der Waals surface area contributed by atoms with Gasteiger partial charge in [-0.05, 0) is 36.6 Å². The smallest absolute Gasteiger partial charge is 0.316 e. The van der Waals surface area contributed by atoms with Crippen LogP contribution < -0.4 is 20.4 Å². The monoisotopic (exact) mass is 613 g/mol. The molecule has 1 unspecified atom stereocenters. The molecule has 1 aromatic heterocycles. The van der Waals surface area contributed by atoms with E-state index in [2.05, 4.69) is 20.5 Å². The highest BCUT2D eigenvalue weighted by molar-refractivity contribution is 6.07. The molecule has 240 valence electrons. The van der Waals surface area contributed by atoms with E-state index in [4.69, 9.17) is 0 Å². The van der Waals surface area contributed by atoms with Gasteiger partial charge >= 0.3 is 6.03 Å². The number of hydrogen-bond acceptors (Lipinski definition) is 5. The van der Waals surface area contributed by atoms with Gasteiger partial charge in [-0.25, -0.2) is 4.79 Å². The number of nitrogens with one attached hydrogen (secondary N) is 3. The molecule has 1 aliphatic carbocycles. The van der Waals surface area contributed by atoms with Gasteiger partial charge in [-0.3, -0.25) is 14.4 Å². The van der Waals surface area contributed by atoms with Gasteiger partial charge in [0.05, 0.1) is 24.0 Å². The number of amides is 3. The number of ketones is 2. The number of carbonyl (C=O) groups excluding carboxylic acids is 4. The van der Waals surface area contributed by atoms with Crippen molar-refractivity contribution >= 4 is 45.8 Å². The molecule has 1 aliphatic heterocycles. The van der Waals surface area contributed by atoms with Crippen molar-refractivity contribution in [1.29, 1.82) is 0 Å². The number of fused-ring (bicyclic) bond motifs is 2. The van der Waals surface area contributed by atoms with Crippen molar-refractivity contribution in [3.05, 3.63) is 60.3 Å². The third-order valence-corrected chi connectivity index (χ3v) is 9.20. The number of benzene rings is 2. The minimum absolute atomic E-state index is 0.0682. The summed E-state index contributed by atoms with van der Waals surface area (Å²) in [5.74, 6) is -0.787. The maximum atomic E-state index is 14.3. The number of H-pyrrole nitrogens is 1. The molecule has 1 saturated carbocycles. The molecular weight excluding hydrogens is 566 g/mol. The van der Waals surface area contributed by atoms with Crippen LogP contribution in [-0.4, -0.2) is 59.7 Å². The summed E-state index contributed by atoms with van der Waals surface area (Å²) in [4.78, 5) is 61.7. The molecule has 5 rings (SSSR count). The normalized spacial score (nSPS) is 18.4. The lowest BCUT2D eigenvalue weighted by Gasteiger charge is -2.37. The van der Waals surface area contributed by atoms with Gasteiger partial charge in [-0.15, -0.1) is 0 Å². The van der Waals surface area contributed by atoms with Crippen molar-refractivity contribution in [3.8, 4) is 0 Å². The second-order valence-corrected chi connectivity index (χ2v) is 13.9. The van der Waals surface area contributed by atoms with Crippen molar-refractivity contribution in [3.63, 3.8) is 0 Å². The minimum Gasteiger partial charge on any atom is -0.364 e. The Morgan fingerprint density at radius 3 is 2.31 bits per heavy atom. The second kappa shape index (κ2) is 13.5. The lowest BCUT2D eigenvalue weighted by Crippen LogP contribution is -2.58. The molecule has 45 heavy (non-hydrogen) atoms. The maximum absolute atomic E-state index is 14.3. The molecule has 2 aliphatic rings. The van der Waals surface area contributed by atoms with E-state index in [-0.39, 0.29) is 42.5 Å². The average molecular weight is 614 g/mol. The molecule has 3 amide bonds. The number of urea groups is 1. The summed E-state index contributed by atoms with van der Waals surface area (Å²) in [6.45, 7) is 9.37. The van der Waals surface area contributed by atoms with Crippen molar-refractivity contribution in [1.82, 2.24) is 15.6 Å². The van der Waals surface area contributed by atoms with Crippen molar-refractivity contribution in [2.75, 3.05) is 22.9 Å². The Morgan fingerprint density at radius 1 is 0.956 bits per heavy atom. The Labute approximate surface area is 266 Å². The van der Waals surface area contributed by atoms with Crippen LogP contribution in [0.25, 0.3) is 10.9 Å². The quantitative estimate of drug-likeness (QED) is 0.283. The summed E-state index contributed by atoms with van der Waals surface area (Å²) >= 11 is 0. The standard InChI is InChI=1S/C36H47N5O4/c1-23(2)33(43)28(19-24-20-37-27-16-10-9-15-26(24)27)38-35(45)39-29-21-40(25-13-7-6-8-14-25)30-17-11-12-18-31(30)41(34(29)44)22-32(42)36(3,4)5/h9-12,15-18,20,23,25,28-29,37H,6-8,13-14,19,21-22H2,1-5H3,(H2,38,39,45)/t28?,29-/m1/s1. The van der Waals surface area contributed by atoms with E-state index in [0.717, 1.165) is 47.8 Å². The Bertz CT molecular complexity index is 1550. The van der Waals surface area contributed by atoms with Crippen LogP contribution in [0.2, 0.25) is 0 Å². The fourth-order valence-corrected chi connectivity index (χ4v) is 6.51. The molecule has 3 N–H and O–H groups in total. The van der Waals surface area contributed by atoms with Crippen molar-refractivity contribution in [2.45, 2.75) is 91.3 Å². The molecule has 2 heterocycles. The summed E-state index contributed by atoms with van der Waals surface area (Å²) in [5, 5.41) is 6.86. The third kappa shape index (κ3) is 7.24. The fourth-order valence-electron chi connectivity index (χ4n) is 6.51. The summed E-state index contributed by atoms with van der Waals surface area (Å²) in [5.41, 5.74) is 2.83. The lowest BCUT2D eigenvalue weighted by atomic mass is 9.90. The maximum Gasteiger partial charge on any atom is 0.316 e. The van der Waals surface area contributed by atoms with Crippen LogP contribution in [0.5, 0.6) is 0 Å². The summed E-state index contributed by atoms with van der Waals surface area (Å²) in [6, 6.07) is 13.5. The molecule has 1 fully saturated rings. The highest BCUT2D eigenvalue weighted by atomic mass is 16.2. The predicted octanol–water partition coefficient (Wildman–Crippen LogP) is 5.77. The van der Waals surface area contributed by atoms with E-state index in [1.807, 2.05) is 89.3 Å². The van der Waals surface area contributed by atoms with Gasteiger partial charge in [0.15, 0.2) is 11.6 Å². The Morgan fingerprint density at radius 2 is 1.62 bits per heavy atom. The molecule has 9 nitrogen and oxygen atoms in total. The van der Waals surface area contributed by atoms with Crippen LogP contribution in [0.4, 0.5) is 16.2 Å². The number of Topliss-reactive ketones (excluding diaryl/α,β-unsaturated/α-hetero) is 2. The largest absolute Gasteiger partial charge is 0.364 e. The zero-order valence-electron chi connectivity index (χ0n) is 27.2. The van der Waals surface area contributed by atoms with Crippen LogP contribution in [-0.2, 0) is 20.8 Å². The second-order valence-electron chi connectivity index (χ2n) is 13.9. The van der Waals surface area contributed by atoms with Gasteiger partial charge in [0, 0.05) is 47.4 Å². The van der Waals surface area contributed by atoms with Gasteiger partial charge in [-0.2, -0.15) is 0 Å². The zero-order valence-corrected chi connectivity index (χ0v) is 27.2. The molecule has 0 spiro atoms. The molecule has 3 aromatic rings. The highest BCUT2D eigenvalue weighted by Crippen LogP contribution is 2.37. The molecule has 0 radical (unpaired) electrons. The van der Waals surface area contributed by atoms with E-state index >= 15 is 0 Å². The van der Waals surface area contributed by atoms with Crippen molar-refractivity contribution in [2.24, 2.45) is 11.3 Å². The van der Waals surface area contributed by atoms with Gasteiger partial charge in [0.25, 0.3) is 5.91 Å². The highest BCUT2D eigenvalue weighted by Gasteiger charge is 2.39. The molecular formula is C36H47N5O4. The first-order chi connectivity index (χ1) is 21.4. The summed E-state index contributed by atoms with van der Waals surface area (Å²) in [6.07, 6.45) is 7.59. The number of rotatable bonds is 9. The molecule has 0 bridgehead atoms. The number of hydrogen-bond donors (Lipinski definition) is 3. The van der Waals surface area contributed by atoms with E-state index < -0.39 is 23.5 Å². The molecule has 9 heteroatoms. The minimum atomic E-state index is -0.921. The van der Waals surface area contributed by atoms with Gasteiger partial charge < -0.3 is 25.4 Å². The van der Waals surface area contributed by atoms with Crippen LogP contribution in [0.1, 0.15) is 72.3 Å². The lowest BCUT2D eigenvalue weighted by molar-refractivity contribution is -0.127. The van der Waals surface area contributed by atoms with Crippen LogP contribution in [0.15, 0.2) is 54.7 Å². The summed E-state index contributed by atoms with van der Waals surface area (Å²) in [7, 11) is 0. The first kappa shape index (κ1) is 32.3. The summed E-state index contributed by atoms with van der Waals surface area (Å²) < 4.78 is 0. The topological polar surface area (TPSA) is 115 Å². The fraction of sp³-hybridized carbons (Fsp3) is 0.500. The Hall–Kier alpha value is -4.14. The Balaban J connectivity index is 1.43.